The molecule has 42 heavy (non-hydrogen) atoms. The van der Waals surface area contributed by atoms with Gasteiger partial charge in [0.15, 0.2) is 0 Å². The fourth-order valence-corrected chi connectivity index (χ4v) is 7.28. The van der Waals surface area contributed by atoms with Crippen LogP contribution in [-0.4, -0.2) is 67.3 Å². The number of halogens is 3. The molecule has 1 N–H and O–H groups in total. The zero-order valence-corrected chi connectivity index (χ0v) is 24.6. The zero-order valence-electron chi connectivity index (χ0n) is 23.8. The molecule has 228 valence electrons. The minimum atomic E-state index is -2.80. The van der Waals surface area contributed by atoms with Crippen LogP contribution in [-0.2, 0) is 34.5 Å². The normalized spacial score (nSPS) is 24.3. The van der Waals surface area contributed by atoms with Gasteiger partial charge >= 0.3 is 5.97 Å². The third-order valence-electron chi connectivity index (χ3n) is 9.32. The maximum atomic E-state index is 14.4. The predicted molar refractivity (Wildman–Crippen MR) is 148 cm³/mol. The first kappa shape index (κ1) is 30.2. The Balaban J connectivity index is 1.54. The molecule has 1 saturated carbocycles. The molecule has 3 atom stereocenters. The lowest BCUT2D eigenvalue weighted by molar-refractivity contribution is -0.164. The standard InChI is InChI=1S/C29H36ClF2N5O5/c1-3-29(28(40)41)12-5-4-7-18(29)27(39)37-14-11-17-19(30)9-10-22(24(17)21(37)15-36-13-6-8-23(36)38)42-16-20-25(26(31)32)35(2)34-33-20/h9-10,18,21,26H,3-8,11-16H2,1-2H3,(H,40,41)/t18-,21+,29-/m0/s1. The molecule has 1 saturated heterocycles. The number of fused-ring (bicyclic) bond motifs is 1. The van der Waals surface area contributed by atoms with E-state index >= 15 is 0 Å². The predicted octanol–water partition coefficient (Wildman–Crippen LogP) is 4.70. The molecule has 0 spiro atoms. The van der Waals surface area contributed by atoms with Crippen molar-refractivity contribution in [3.8, 4) is 5.75 Å². The largest absolute Gasteiger partial charge is 0.487 e. The fourth-order valence-electron chi connectivity index (χ4n) is 7.02. The van der Waals surface area contributed by atoms with E-state index in [0.717, 1.165) is 23.1 Å². The van der Waals surface area contributed by atoms with Gasteiger partial charge in [0, 0.05) is 43.7 Å². The first-order chi connectivity index (χ1) is 20.1. The van der Waals surface area contributed by atoms with Crippen molar-refractivity contribution in [2.75, 3.05) is 19.6 Å². The summed E-state index contributed by atoms with van der Waals surface area (Å²) < 4.78 is 34.4. The van der Waals surface area contributed by atoms with Crippen LogP contribution in [0.25, 0.3) is 0 Å². The molecule has 1 aliphatic carbocycles. The number of likely N-dealkylation sites (tertiary alicyclic amines) is 1. The van der Waals surface area contributed by atoms with Crippen LogP contribution in [0.4, 0.5) is 8.78 Å². The number of amides is 2. The van der Waals surface area contributed by atoms with Crippen molar-refractivity contribution >= 4 is 29.4 Å². The van der Waals surface area contributed by atoms with E-state index in [-0.39, 0.29) is 36.4 Å². The summed E-state index contributed by atoms with van der Waals surface area (Å²) in [6.07, 6.45) is 1.46. The molecule has 10 nitrogen and oxygen atoms in total. The lowest BCUT2D eigenvalue weighted by Crippen LogP contribution is -2.53. The number of aromatic nitrogens is 3. The molecule has 2 amide bonds. The molecule has 2 aromatic rings. The summed E-state index contributed by atoms with van der Waals surface area (Å²) in [5.41, 5.74) is -0.155. The summed E-state index contributed by atoms with van der Waals surface area (Å²) in [6.45, 7) is 2.57. The number of hydrogen-bond acceptors (Lipinski definition) is 6. The summed E-state index contributed by atoms with van der Waals surface area (Å²) in [4.78, 5) is 43.1. The van der Waals surface area contributed by atoms with E-state index in [1.165, 1.54) is 7.05 Å². The molecule has 5 rings (SSSR count). The van der Waals surface area contributed by atoms with Crippen molar-refractivity contribution in [1.82, 2.24) is 24.8 Å². The van der Waals surface area contributed by atoms with E-state index in [9.17, 15) is 28.3 Å². The lowest BCUT2D eigenvalue weighted by atomic mass is 9.64. The molecule has 0 unspecified atom stereocenters. The van der Waals surface area contributed by atoms with Crippen LogP contribution in [0.2, 0.25) is 5.02 Å². The second-order valence-electron chi connectivity index (χ2n) is 11.4. The quantitative estimate of drug-likeness (QED) is 0.439. The average molecular weight is 608 g/mol. The third kappa shape index (κ3) is 5.33. The molecule has 3 aliphatic rings. The number of carbonyl (C=O) groups is 3. The molecule has 0 bridgehead atoms. The summed E-state index contributed by atoms with van der Waals surface area (Å²) in [5, 5.41) is 18.3. The Hall–Kier alpha value is -3.28. The van der Waals surface area contributed by atoms with Gasteiger partial charge in [-0.1, -0.05) is 36.6 Å². The zero-order chi connectivity index (χ0) is 30.2. The smallest absolute Gasteiger partial charge is 0.310 e. The van der Waals surface area contributed by atoms with Gasteiger partial charge in [-0.15, -0.1) is 5.10 Å². The molecule has 1 aromatic heterocycles. The van der Waals surface area contributed by atoms with Gasteiger partial charge in [0.2, 0.25) is 11.8 Å². The maximum absolute atomic E-state index is 14.4. The highest BCUT2D eigenvalue weighted by atomic mass is 35.5. The van der Waals surface area contributed by atoms with E-state index < -0.39 is 29.8 Å². The number of rotatable bonds is 9. The van der Waals surface area contributed by atoms with Crippen molar-refractivity contribution in [3.05, 3.63) is 39.7 Å². The number of carboxylic acids is 1. The van der Waals surface area contributed by atoms with Gasteiger partial charge in [0.1, 0.15) is 23.7 Å². The topological polar surface area (TPSA) is 118 Å². The van der Waals surface area contributed by atoms with Crippen molar-refractivity contribution < 1.29 is 33.0 Å². The number of aryl methyl sites for hydroxylation is 1. The third-order valence-corrected chi connectivity index (χ3v) is 9.68. The van der Waals surface area contributed by atoms with E-state index in [1.807, 2.05) is 6.92 Å². The van der Waals surface area contributed by atoms with Crippen LogP contribution in [0.15, 0.2) is 12.1 Å². The highest BCUT2D eigenvalue weighted by Gasteiger charge is 2.52. The van der Waals surface area contributed by atoms with E-state index in [0.29, 0.717) is 68.0 Å². The minimum Gasteiger partial charge on any atom is -0.487 e. The second-order valence-corrected chi connectivity index (χ2v) is 11.8. The first-order valence-electron chi connectivity index (χ1n) is 14.5. The van der Waals surface area contributed by atoms with Crippen LogP contribution in [0, 0.1) is 11.3 Å². The Morgan fingerprint density at radius 3 is 2.67 bits per heavy atom. The minimum absolute atomic E-state index is 0.0115. The summed E-state index contributed by atoms with van der Waals surface area (Å²) >= 11 is 6.66. The highest BCUT2D eigenvalue weighted by Crippen LogP contribution is 2.48. The van der Waals surface area contributed by atoms with Gasteiger partial charge in [0.25, 0.3) is 6.43 Å². The number of hydrogen-bond donors (Lipinski definition) is 1. The number of aliphatic carboxylic acids is 1. The molecule has 2 fully saturated rings. The fraction of sp³-hybridized carbons (Fsp3) is 0.621. The van der Waals surface area contributed by atoms with E-state index in [4.69, 9.17) is 16.3 Å². The molecule has 13 heteroatoms. The van der Waals surface area contributed by atoms with Crippen molar-refractivity contribution in [2.45, 2.75) is 77.4 Å². The Morgan fingerprint density at radius 1 is 1.21 bits per heavy atom. The number of carbonyl (C=O) groups excluding carboxylic acids is 2. The van der Waals surface area contributed by atoms with Crippen molar-refractivity contribution in [1.29, 1.82) is 0 Å². The van der Waals surface area contributed by atoms with Crippen LogP contribution < -0.4 is 4.74 Å². The van der Waals surface area contributed by atoms with Gasteiger partial charge in [-0.2, -0.15) is 0 Å². The first-order valence-corrected chi connectivity index (χ1v) is 14.9. The molecular formula is C29H36ClF2N5O5. The number of nitrogens with zero attached hydrogens (tertiary/aromatic N) is 5. The van der Waals surface area contributed by atoms with E-state index in [1.54, 1.807) is 21.9 Å². The second kappa shape index (κ2) is 12.1. The summed E-state index contributed by atoms with van der Waals surface area (Å²) in [5.74, 6) is -1.59. The number of ether oxygens (including phenoxy) is 1. The average Bonchev–Trinajstić information content (AvgIpc) is 3.56. The SMILES string of the molecule is CC[C@]1(C(=O)O)CCCC[C@H]1C(=O)N1CCc2c(Cl)ccc(OCc3nnn(C)c3C(F)F)c2[C@H]1CN1CCCC1=O. The Morgan fingerprint density at radius 2 is 2.00 bits per heavy atom. The van der Waals surface area contributed by atoms with Crippen LogP contribution in [0.1, 0.15) is 86.9 Å². The van der Waals surface area contributed by atoms with Crippen LogP contribution in [0.5, 0.6) is 5.75 Å². The molecule has 3 heterocycles. The summed E-state index contributed by atoms with van der Waals surface area (Å²) in [6, 6.07) is 2.66. The highest BCUT2D eigenvalue weighted by molar-refractivity contribution is 6.31. The maximum Gasteiger partial charge on any atom is 0.310 e. The number of benzene rings is 1. The number of carboxylic acid groups (broad SMARTS) is 1. The van der Waals surface area contributed by atoms with Gasteiger partial charge in [-0.3, -0.25) is 14.4 Å². The Kier molecular flexibility index (Phi) is 8.73. The van der Waals surface area contributed by atoms with Gasteiger partial charge in [0.05, 0.1) is 17.4 Å². The molecule has 0 radical (unpaired) electrons. The molecular weight excluding hydrogens is 572 g/mol. The lowest BCUT2D eigenvalue weighted by Gasteiger charge is -2.46. The Bertz CT molecular complexity index is 1370. The van der Waals surface area contributed by atoms with Gasteiger partial charge in [-0.05, 0) is 49.8 Å². The van der Waals surface area contributed by atoms with Crippen molar-refractivity contribution in [2.24, 2.45) is 18.4 Å². The van der Waals surface area contributed by atoms with Gasteiger partial charge < -0.3 is 19.6 Å². The van der Waals surface area contributed by atoms with Crippen LogP contribution >= 0.6 is 11.6 Å². The monoisotopic (exact) mass is 607 g/mol. The van der Waals surface area contributed by atoms with E-state index in [2.05, 4.69) is 10.3 Å². The van der Waals surface area contributed by atoms with Gasteiger partial charge in [-0.25, -0.2) is 13.5 Å². The molecule has 2 aliphatic heterocycles. The molecule has 1 aromatic carbocycles. The number of alkyl halides is 2. The van der Waals surface area contributed by atoms with Crippen molar-refractivity contribution in [3.63, 3.8) is 0 Å². The summed E-state index contributed by atoms with van der Waals surface area (Å²) in [7, 11) is 1.38. The Labute approximate surface area is 247 Å². The van der Waals surface area contributed by atoms with Crippen LogP contribution in [0.3, 0.4) is 0 Å².